The largest absolute Gasteiger partial charge is 0.493 e. The number of carbonyl (C=O) groups is 1. The lowest BCUT2D eigenvalue weighted by Gasteiger charge is -2.14. The molecular weight excluding hydrogens is 374 g/mol. The molecule has 0 atom stereocenters. The lowest BCUT2D eigenvalue weighted by molar-refractivity contribution is 0.0949. The highest BCUT2D eigenvalue weighted by Gasteiger charge is 2.14. The Morgan fingerprint density at radius 2 is 1.76 bits per heavy atom. The highest BCUT2D eigenvalue weighted by Crippen LogP contribution is 2.37. The summed E-state index contributed by atoms with van der Waals surface area (Å²) in [4.78, 5) is 16.6. The van der Waals surface area contributed by atoms with E-state index >= 15 is 0 Å². The SMILES string of the molecule is COc1cc(CN)ccc1Oc1ccc(C(=O)NCc2n[nH]c(C)n2)cc1OC. The number of benzene rings is 2. The number of carbonyl (C=O) groups excluding carboxylic acids is 1. The van der Waals surface area contributed by atoms with Gasteiger partial charge in [0, 0.05) is 12.1 Å². The van der Waals surface area contributed by atoms with Crippen LogP contribution >= 0.6 is 0 Å². The van der Waals surface area contributed by atoms with Crippen molar-refractivity contribution in [2.24, 2.45) is 5.73 Å². The molecule has 29 heavy (non-hydrogen) atoms. The van der Waals surface area contributed by atoms with Crippen LogP contribution < -0.4 is 25.3 Å². The number of aryl methyl sites for hydroxylation is 1. The van der Waals surface area contributed by atoms with Crippen LogP contribution in [-0.4, -0.2) is 35.3 Å². The second kappa shape index (κ2) is 9.07. The number of nitrogens with one attached hydrogen (secondary N) is 2. The van der Waals surface area contributed by atoms with Crippen LogP contribution in [-0.2, 0) is 13.1 Å². The van der Waals surface area contributed by atoms with Crippen molar-refractivity contribution < 1.29 is 19.0 Å². The molecule has 1 aromatic heterocycles. The number of aromatic nitrogens is 3. The number of hydrogen-bond acceptors (Lipinski definition) is 7. The van der Waals surface area contributed by atoms with Crippen molar-refractivity contribution in [1.82, 2.24) is 20.5 Å². The van der Waals surface area contributed by atoms with Gasteiger partial charge in [-0.05, 0) is 42.8 Å². The van der Waals surface area contributed by atoms with E-state index in [1.54, 1.807) is 38.3 Å². The first-order chi connectivity index (χ1) is 14.0. The Hall–Kier alpha value is -3.59. The van der Waals surface area contributed by atoms with E-state index < -0.39 is 0 Å². The Kier molecular flexibility index (Phi) is 6.30. The molecule has 0 unspecified atom stereocenters. The summed E-state index contributed by atoms with van der Waals surface area (Å²) in [6, 6.07) is 10.4. The second-order valence-electron chi connectivity index (χ2n) is 6.18. The van der Waals surface area contributed by atoms with Gasteiger partial charge in [0.25, 0.3) is 5.91 Å². The quantitative estimate of drug-likeness (QED) is 0.533. The molecule has 152 valence electrons. The molecule has 0 spiro atoms. The molecular formula is C20H23N5O4. The molecule has 9 heteroatoms. The summed E-state index contributed by atoms with van der Waals surface area (Å²) in [5.41, 5.74) is 7.01. The fraction of sp³-hybridized carbons (Fsp3) is 0.250. The molecule has 9 nitrogen and oxygen atoms in total. The maximum Gasteiger partial charge on any atom is 0.251 e. The molecule has 1 amide bonds. The number of nitrogens with zero attached hydrogens (tertiary/aromatic N) is 2. The van der Waals surface area contributed by atoms with Gasteiger partial charge in [0.05, 0.1) is 20.8 Å². The predicted octanol–water partition coefficient (Wildman–Crippen LogP) is 2.31. The minimum Gasteiger partial charge on any atom is -0.493 e. The summed E-state index contributed by atoms with van der Waals surface area (Å²) in [6.45, 7) is 2.41. The van der Waals surface area contributed by atoms with Crippen molar-refractivity contribution in [3.8, 4) is 23.0 Å². The van der Waals surface area contributed by atoms with Crippen LogP contribution in [0.25, 0.3) is 0 Å². The highest BCUT2D eigenvalue weighted by molar-refractivity contribution is 5.94. The Morgan fingerprint density at radius 3 is 2.38 bits per heavy atom. The molecule has 0 saturated carbocycles. The van der Waals surface area contributed by atoms with Crippen LogP contribution in [0.2, 0.25) is 0 Å². The summed E-state index contributed by atoms with van der Waals surface area (Å²) in [6.07, 6.45) is 0. The van der Waals surface area contributed by atoms with Crippen LogP contribution in [0.1, 0.15) is 27.6 Å². The zero-order valence-electron chi connectivity index (χ0n) is 16.5. The van der Waals surface area contributed by atoms with Crippen molar-refractivity contribution in [3.05, 3.63) is 59.2 Å². The number of ether oxygens (including phenoxy) is 3. The molecule has 0 bridgehead atoms. The molecule has 3 rings (SSSR count). The van der Waals surface area contributed by atoms with Crippen molar-refractivity contribution in [1.29, 1.82) is 0 Å². The number of H-pyrrole nitrogens is 1. The van der Waals surface area contributed by atoms with Gasteiger partial charge in [0.2, 0.25) is 0 Å². The van der Waals surface area contributed by atoms with Crippen LogP contribution in [0.15, 0.2) is 36.4 Å². The normalized spacial score (nSPS) is 10.5. The maximum atomic E-state index is 12.4. The van der Waals surface area contributed by atoms with Gasteiger partial charge in [-0.25, -0.2) is 4.98 Å². The smallest absolute Gasteiger partial charge is 0.251 e. The van der Waals surface area contributed by atoms with Gasteiger partial charge in [-0.1, -0.05) is 6.07 Å². The molecule has 0 aliphatic carbocycles. The summed E-state index contributed by atoms with van der Waals surface area (Å²) in [5.74, 6) is 2.85. The van der Waals surface area contributed by atoms with Gasteiger partial charge in [-0.2, -0.15) is 5.10 Å². The first kappa shape index (κ1) is 20.2. The molecule has 0 fully saturated rings. The summed E-state index contributed by atoms with van der Waals surface area (Å²) in [7, 11) is 3.07. The molecule has 0 radical (unpaired) electrons. The number of methoxy groups -OCH3 is 2. The second-order valence-corrected chi connectivity index (χ2v) is 6.18. The zero-order chi connectivity index (χ0) is 20.8. The van der Waals surface area contributed by atoms with Gasteiger partial charge < -0.3 is 25.3 Å². The molecule has 1 heterocycles. The van der Waals surface area contributed by atoms with Gasteiger partial charge in [-0.15, -0.1) is 0 Å². The van der Waals surface area contributed by atoms with E-state index in [0.717, 1.165) is 5.56 Å². The molecule has 3 aromatic rings. The van der Waals surface area contributed by atoms with E-state index in [-0.39, 0.29) is 12.5 Å². The minimum absolute atomic E-state index is 0.217. The number of rotatable bonds is 8. The van der Waals surface area contributed by atoms with Crippen molar-refractivity contribution >= 4 is 5.91 Å². The summed E-state index contributed by atoms with van der Waals surface area (Å²) >= 11 is 0. The third kappa shape index (κ3) is 4.82. The van der Waals surface area contributed by atoms with E-state index in [0.29, 0.717) is 46.8 Å². The van der Waals surface area contributed by atoms with Gasteiger partial charge in [0.1, 0.15) is 5.82 Å². The van der Waals surface area contributed by atoms with Crippen molar-refractivity contribution in [2.75, 3.05) is 14.2 Å². The van der Waals surface area contributed by atoms with Crippen LogP contribution in [0.5, 0.6) is 23.0 Å². The van der Waals surface area contributed by atoms with Gasteiger partial charge in [-0.3, -0.25) is 9.89 Å². The van der Waals surface area contributed by atoms with E-state index in [9.17, 15) is 4.79 Å². The van der Waals surface area contributed by atoms with Crippen LogP contribution in [0, 0.1) is 6.92 Å². The molecule has 2 aromatic carbocycles. The molecule has 0 aliphatic heterocycles. The fourth-order valence-corrected chi connectivity index (χ4v) is 2.66. The van der Waals surface area contributed by atoms with Crippen LogP contribution in [0.3, 0.4) is 0 Å². The number of hydrogen-bond donors (Lipinski definition) is 3. The summed E-state index contributed by atoms with van der Waals surface area (Å²) < 4.78 is 16.7. The van der Waals surface area contributed by atoms with Crippen molar-refractivity contribution in [2.45, 2.75) is 20.0 Å². The molecule has 0 aliphatic rings. The first-order valence-corrected chi connectivity index (χ1v) is 8.93. The predicted molar refractivity (Wildman–Crippen MR) is 106 cm³/mol. The lowest BCUT2D eigenvalue weighted by Crippen LogP contribution is -2.23. The average Bonchev–Trinajstić information content (AvgIpc) is 3.17. The fourth-order valence-electron chi connectivity index (χ4n) is 2.66. The third-order valence-corrected chi connectivity index (χ3v) is 4.16. The standard InChI is InChI=1S/C20H23N5O4/c1-12-23-19(25-24-12)11-22-20(26)14-5-7-16(18(9-14)28-3)29-15-6-4-13(10-21)8-17(15)27-2/h4-9H,10-11,21H2,1-3H3,(H,22,26)(H,23,24,25). The topological polar surface area (TPSA) is 124 Å². The Labute approximate surface area is 168 Å². The third-order valence-electron chi connectivity index (χ3n) is 4.16. The van der Waals surface area contributed by atoms with Crippen LogP contribution in [0.4, 0.5) is 0 Å². The van der Waals surface area contributed by atoms with E-state index in [1.807, 2.05) is 12.1 Å². The number of nitrogens with two attached hydrogens (primary N) is 1. The maximum absolute atomic E-state index is 12.4. The van der Waals surface area contributed by atoms with Crippen molar-refractivity contribution in [3.63, 3.8) is 0 Å². The lowest BCUT2D eigenvalue weighted by atomic mass is 10.1. The monoisotopic (exact) mass is 397 g/mol. The zero-order valence-corrected chi connectivity index (χ0v) is 16.5. The Morgan fingerprint density at radius 1 is 1.07 bits per heavy atom. The van der Waals surface area contributed by atoms with Gasteiger partial charge in [0.15, 0.2) is 28.8 Å². The van der Waals surface area contributed by atoms with E-state index in [1.165, 1.54) is 7.11 Å². The number of aromatic amines is 1. The Balaban J connectivity index is 1.75. The van der Waals surface area contributed by atoms with E-state index in [4.69, 9.17) is 19.9 Å². The average molecular weight is 397 g/mol. The molecule has 4 N–H and O–H groups in total. The first-order valence-electron chi connectivity index (χ1n) is 8.93. The van der Waals surface area contributed by atoms with Gasteiger partial charge >= 0.3 is 0 Å². The minimum atomic E-state index is -0.276. The van der Waals surface area contributed by atoms with E-state index in [2.05, 4.69) is 20.5 Å². The number of amides is 1. The Bertz CT molecular complexity index is 1000. The molecule has 0 saturated heterocycles. The summed E-state index contributed by atoms with van der Waals surface area (Å²) in [5, 5.41) is 9.49. The highest BCUT2D eigenvalue weighted by atomic mass is 16.5.